The van der Waals surface area contributed by atoms with Crippen molar-refractivity contribution in [1.82, 2.24) is 30.9 Å². The average Bonchev–Trinajstić information content (AvgIpc) is 4.07. The molecule has 0 spiro atoms. The third kappa shape index (κ3) is 19.4. The van der Waals surface area contributed by atoms with Crippen LogP contribution in [0, 0.1) is 6.92 Å². The molecule has 3 amide bonds. The van der Waals surface area contributed by atoms with Crippen molar-refractivity contribution in [3.63, 3.8) is 0 Å². The predicted molar refractivity (Wildman–Crippen MR) is 206 cm³/mol. The fourth-order valence-corrected chi connectivity index (χ4v) is 4.32. The van der Waals surface area contributed by atoms with Gasteiger partial charge < -0.3 is 31.3 Å². The molecule has 0 unspecified atom stereocenters. The summed E-state index contributed by atoms with van der Waals surface area (Å²) in [7, 11) is 1.56. The number of carbonyl (C=O) groups is 3. The second-order valence-corrected chi connectivity index (χ2v) is 13.6. The van der Waals surface area contributed by atoms with Gasteiger partial charge in [0.15, 0.2) is 6.61 Å². The molecule has 298 valence electrons. The van der Waals surface area contributed by atoms with Gasteiger partial charge in [0.2, 0.25) is 30.6 Å². The number of halogens is 4. The zero-order valence-electron chi connectivity index (χ0n) is 31.9. The number of amides is 3. The van der Waals surface area contributed by atoms with Gasteiger partial charge in [0, 0.05) is 43.7 Å². The van der Waals surface area contributed by atoms with Crippen LogP contribution in [0.3, 0.4) is 0 Å². The third-order valence-electron chi connectivity index (χ3n) is 7.68. The van der Waals surface area contributed by atoms with Gasteiger partial charge in [-0.3, -0.25) is 14.4 Å². The van der Waals surface area contributed by atoms with E-state index in [9.17, 15) is 22.8 Å². The largest absolute Gasteiger partial charge is 0.457 e. The molecule has 3 fully saturated rings. The van der Waals surface area contributed by atoms with Gasteiger partial charge in [0.1, 0.15) is 5.67 Å². The van der Waals surface area contributed by atoms with Gasteiger partial charge in [-0.1, -0.05) is 55.3 Å². The van der Waals surface area contributed by atoms with Crippen LogP contribution >= 0.6 is 11.6 Å². The minimum Gasteiger partial charge on any atom is -0.457 e. The van der Waals surface area contributed by atoms with Crippen LogP contribution in [0.4, 0.5) is 30.8 Å². The summed E-state index contributed by atoms with van der Waals surface area (Å²) in [5.74, 6) is -2.47. The molecule has 1 aromatic heterocycles. The molecule has 0 atom stereocenters. The number of aromatic nitrogens is 3. The molecule has 2 aromatic carbocycles. The smallest absolute Gasteiger partial charge is 0.323 e. The molecule has 0 aliphatic heterocycles. The van der Waals surface area contributed by atoms with Crippen LogP contribution in [-0.4, -0.2) is 71.5 Å². The Kier molecular flexibility index (Phi) is 19.0. The average molecular weight is 779 g/mol. The summed E-state index contributed by atoms with van der Waals surface area (Å²) in [5.41, 5.74) is 1.83. The Hall–Kier alpha value is -4.66. The molecule has 3 aliphatic rings. The molecule has 0 radical (unpaired) electrons. The van der Waals surface area contributed by atoms with E-state index in [1.165, 1.54) is 0 Å². The number of nitrogens with zero attached hydrogens (tertiary/aromatic N) is 3. The molecule has 0 bridgehead atoms. The van der Waals surface area contributed by atoms with Crippen molar-refractivity contribution in [3.8, 4) is 6.01 Å². The number of rotatable bonds is 15. The highest BCUT2D eigenvalue weighted by molar-refractivity contribution is 6.30. The molecule has 6 rings (SSSR count). The number of alkyl halides is 3. The topological polar surface area (TPSA) is 159 Å². The van der Waals surface area contributed by atoms with E-state index in [1.54, 1.807) is 14.0 Å². The Morgan fingerprint density at radius 1 is 0.963 bits per heavy atom. The quantitative estimate of drug-likeness (QED) is 0.0783. The summed E-state index contributed by atoms with van der Waals surface area (Å²) in [5, 5.41) is 14.7. The number of carbonyl (C=O) groups excluding carboxylic acids is 3. The molecular weight excluding hydrogens is 725 g/mol. The lowest BCUT2D eigenvalue weighted by molar-refractivity contribution is -0.121. The normalized spacial score (nSPS) is 15.1. The lowest BCUT2D eigenvalue weighted by Gasteiger charge is -2.19. The lowest BCUT2D eigenvalue weighted by atomic mass is 10.1. The predicted octanol–water partition coefficient (Wildman–Crippen LogP) is 7.40. The van der Waals surface area contributed by atoms with E-state index in [1.807, 2.05) is 69.3 Å². The number of anilines is 3. The summed E-state index contributed by atoms with van der Waals surface area (Å²) >= 11 is 6.00. The first kappa shape index (κ1) is 45.5. The standard InChI is InChI=1S/C22H22ClF2N5O.C8H14N2O2.C4H7F.C2H5NO.C2H6/c1-14-3-9-17(10-4-14)26-18-27-19(29-20(28-18)31-13-21(2,24)25)30-22(11-12-22)15-5-7-16(23)8-6-15;11-6-9-5-1-2-8(12)10-7-3-4-7;1-4(5)2-3-4;1-3-2-4;1-2/h3-10H,11-13H2,1-2H3,(H2,26,27,28,29,30);6-7H,1-5H2,(H,9,11)(H,10,12);2-3H2,1H3;2H,1H3,(H,3,4);1-2H3. The maximum Gasteiger partial charge on any atom is 0.323 e. The van der Waals surface area contributed by atoms with Crippen molar-refractivity contribution in [3.05, 3.63) is 64.7 Å². The Morgan fingerprint density at radius 2 is 1.54 bits per heavy atom. The molecule has 3 saturated carbocycles. The molecule has 3 aromatic rings. The minimum atomic E-state index is -3.01. The van der Waals surface area contributed by atoms with Gasteiger partial charge in [-0.15, -0.1) is 0 Å². The van der Waals surface area contributed by atoms with Gasteiger partial charge in [-0.05, 0) is 88.6 Å². The first-order chi connectivity index (χ1) is 25.7. The van der Waals surface area contributed by atoms with Crippen LogP contribution in [0.5, 0.6) is 6.01 Å². The highest BCUT2D eigenvalue weighted by atomic mass is 35.5. The Balaban J connectivity index is 0.000000357. The second kappa shape index (κ2) is 22.5. The number of benzene rings is 2. The number of nitrogens with one attached hydrogen (secondary N) is 5. The molecule has 16 heteroatoms. The molecular formula is C38H54ClF3N8O4. The van der Waals surface area contributed by atoms with Crippen LogP contribution in [0.15, 0.2) is 48.5 Å². The van der Waals surface area contributed by atoms with E-state index >= 15 is 0 Å². The first-order valence-corrected chi connectivity index (χ1v) is 18.4. The summed E-state index contributed by atoms with van der Waals surface area (Å²) in [6, 6.07) is 15.5. The van der Waals surface area contributed by atoms with Gasteiger partial charge >= 0.3 is 6.01 Å². The van der Waals surface area contributed by atoms with Gasteiger partial charge in [0.05, 0.1) is 5.54 Å². The zero-order valence-corrected chi connectivity index (χ0v) is 32.7. The number of hydrogen-bond donors (Lipinski definition) is 5. The first-order valence-electron chi connectivity index (χ1n) is 18.1. The highest BCUT2D eigenvalue weighted by Gasteiger charge is 2.45. The van der Waals surface area contributed by atoms with E-state index in [-0.39, 0.29) is 29.4 Å². The third-order valence-corrected chi connectivity index (χ3v) is 7.93. The van der Waals surface area contributed by atoms with E-state index in [0.29, 0.717) is 36.9 Å². The molecule has 12 nitrogen and oxygen atoms in total. The summed E-state index contributed by atoms with van der Waals surface area (Å²) < 4.78 is 43.5. The molecule has 1 heterocycles. The van der Waals surface area contributed by atoms with Crippen molar-refractivity contribution in [2.45, 2.75) is 109 Å². The highest BCUT2D eigenvalue weighted by Crippen LogP contribution is 2.48. The van der Waals surface area contributed by atoms with Gasteiger partial charge in [-0.2, -0.15) is 15.0 Å². The second-order valence-electron chi connectivity index (χ2n) is 13.2. The fraction of sp³-hybridized carbons (Fsp3) is 0.526. The molecule has 54 heavy (non-hydrogen) atoms. The monoisotopic (exact) mass is 778 g/mol. The maximum atomic E-state index is 13.3. The van der Waals surface area contributed by atoms with E-state index < -0.39 is 18.2 Å². The Bertz CT molecular complexity index is 1560. The molecule has 5 N–H and O–H groups in total. The van der Waals surface area contributed by atoms with Crippen molar-refractivity contribution >= 4 is 47.9 Å². The summed E-state index contributed by atoms with van der Waals surface area (Å²) in [6.45, 7) is 8.15. The van der Waals surface area contributed by atoms with E-state index in [2.05, 4.69) is 41.5 Å². The molecule has 0 saturated heterocycles. The van der Waals surface area contributed by atoms with Crippen molar-refractivity contribution in [1.29, 1.82) is 0 Å². The van der Waals surface area contributed by atoms with Crippen molar-refractivity contribution in [2.24, 2.45) is 0 Å². The van der Waals surface area contributed by atoms with E-state index in [0.717, 1.165) is 68.7 Å². The fourth-order valence-electron chi connectivity index (χ4n) is 4.19. The van der Waals surface area contributed by atoms with Crippen LogP contribution in [-0.2, 0) is 19.9 Å². The summed E-state index contributed by atoms with van der Waals surface area (Å²) in [4.78, 5) is 42.7. The minimum absolute atomic E-state index is 0.102. The maximum absolute atomic E-state index is 13.3. The van der Waals surface area contributed by atoms with Crippen LogP contribution < -0.4 is 31.3 Å². The number of aryl methyl sites for hydroxylation is 1. The van der Waals surface area contributed by atoms with E-state index in [4.69, 9.17) is 21.1 Å². The van der Waals surface area contributed by atoms with Crippen LogP contribution in [0.1, 0.15) is 90.2 Å². The Morgan fingerprint density at radius 3 is 2.02 bits per heavy atom. The van der Waals surface area contributed by atoms with Gasteiger partial charge in [0.25, 0.3) is 5.92 Å². The summed E-state index contributed by atoms with van der Waals surface area (Å²) in [6.07, 6.45) is 8.08. The Labute approximate surface area is 321 Å². The van der Waals surface area contributed by atoms with Crippen molar-refractivity contribution < 1.29 is 32.3 Å². The van der Waals surface area contributed by atoms with Crippen LogP contribution in [0.25, 0.3) is 0 Å². The van der Waals surface area contributed by atoms with Gasteiger partial charge in [-0.25, -0.2) is 13.2 Å². The SMILES string of the molecule is CC.CC1(F)CC1.CNC=O.Cc1ccc(Nc2nc(NC3(c4ccc(Cl)cc4)CC3)nc(OCC(C)(F)F)n2)cc1.O=CNCCCC(=O)NC1CC1. The van der Waals surface area contributed by atoms with Crippen molar-refractivity contribution in [2.75, 3.05) is 30.8 Å². The number of ether oxygens (including phenoxy) is 1. The molecule has 3 aliphatic carbocycles. The number of hydrogen-bond acceptors (Lipinski definition) is 9. The zero-order chi connectivity index (χ0) is 40.2. The lowest BCUT2D eigenvalue weighted by Crippen LogP contribution is -2.26. The van der Waals surface area contributed by atoms with Crippen LogP contribution in [0.2, 0.25) is 5.02 Å².